The lowest BCUT2D eigenvalue weighted by Gasteiger charge is -2.31. The van der Waals surface area contributed by atoms with Gasteiger partial charge < -0.3 is 9.30 Å². The first-order chi connectivity index (χ1) is 10.8. The molecule has 0 radical (unpaired) electrons. The molecule has 1 N–H and O–H groups in total. The number of ether oxygens (including phenoxy) is 1. The molecule has 1 aliphatic heterocycles. The van der Waals surface area contributed by atoms with Gasteiger partial charge in [-0.25, -0.2) is 9.97 Å². The molecule has 1 atom stereocenters. The highest BCUT2D eigenvalue weighted by Crippen LogP contribution is 2.25. The zero-order valence-corrected chi connectivity index (χ0v) is 13.3. The van der Waals surface area contributed by atoms with Gasteiger partial charge >= 0.3 is 0 Å². The number of aromatic nitrogens is 5. The summed E-state index contributed by atoms with van der Waals surface area (Å²) in [5.74, 6) is 2.27. The summed E-state index contributed by atoms with van der Waals surface area (Å²) >= 11 is 0. The summed E-state index contributed by atoms with van der Waals surface area (Å²) in [7, 11) is 1.73. The van der Waals surface area contributed by atoms with Crippen molar-refractivity contribution in [3.8, 4) is 0 Å². The van der Waals surface area contributed by atoms with Crippen LogP contribution in [0.2, 0.25) is 0 Å². The molecule has 1 unspecified atom stereocenters. The van der Waals surface area contributed by atoms with Crippen molar-refractivity contribution in [2.75, 3.05) is 26.8 Å². The normalized spacial score (nSPS) is 19.6. The Morgan fingerprint density at radius 3 is 3.14 bits per heavy atom. The SMILES string of the molecule is COCCn1cncc1CN1CCCC(c2n[nH]c(C)n2)C1. The number of hydrogen-bond acceptors (Lipinski definition) is 5. The number of aromatic amines is 1. The van der Waals surface area contributed by atoms with E-state index in [1.165, 1.54) is 12.1 Å². The second-order valence-corrected chi connectivity index (χ2v) is 5.92. The minimum atomic E-state index is 0.425. The van der Waals surface area contributed by atoms with Gasteiger partial charge in [-0.3, -0.25) is 10.00 Å². The van der Waals surface area contributed by atoms with Crippen molar-refractivity contribution in [2.45, 2.75) is 38.8 Å². The molecular formula is C15H24N6O. The molecule has 0 bridgehead atoms. The summed E-state index contributed by atoms with van der Waals surface area (Å²) < 4.78 is 7.33. The van der Waals surface area contributed by atoms with E-state index >= 15 is 0 Å². The van der Waals surface area contributed by atoms with E-state index in [1.807, 2.05) is 19.4 Å². The smallest absolute Gasteiger partial charge is 0.155 e. The highest BCUT2D eigenvalue weighted by Gasteiger charge is 2.24. The Hall–Kier alpha value is -1.73. The van der Waals surface area contributed by atoms with E-state index in [0.29, 0.717) is 12.5 Å². The molecule has 3 heterocycles. The summed E-state index contributed by atoms with van der Waals surface area (Å²) in [5.41, 5.74) is 1.24. The molecule has 3 rings (SSSR count). The zero-order chi connectivity index (χ0) is 15.4. The van der Waals surface area contributed by atoms with Crippen LogP contribution in [0.5, 0.6) is 0 Å². The van der Waals surface area contributed by atoms with Crippen LogP contribution in [-0.2, 0) is 17.8 Å². The van der Waals surface area contributed by atoms with Gasteiger partial charge in [0.2, 0.25) is 0 Å². The van der Waals surface area contributed by atoms with Gasteiger partial charge in [0.25, 0.3) is 0 Å². The number of nitrogens with one attached hydrogen (secondary N) is 1. The van der Waals surface area contributed by atoms with Gasteiger partial charge in [-0.1, -0.05) is 0 Å². The van der Waals surface area contributed by atoms with Gasteiger partial charge in [0.1, 0.15) is 5.82 Å². The van der Waals surface area contributed by atoms with Crippen LogP contribution in [0.4, 0.5) is 0 Å². The largest absolute Gasteiger partial charge is 0.383 e. The molecule has 22 heavy (non-hydrogen) atoms. The molecule has 0 saturated carbocycles. The lowest BCUT2D eigenvalue weighted by molar-refractivity contribution is 0.176. The molecule has 0 amide bonds. The maximum Gasteiger partial charge on any atom is 0.155 e. The predicted octanol–water partition coefficient (Wildman–Crippen LogP) is 1.34. The number of nitrogens with zero attached hydrogens (tertiary/aromatic N) is 5. The Kier molecular flexibility index (Phi) is 4.84. The van der Waals surface area contributed by atoms with Crippen molar-refractivity contribution in [3.63, 3.8) is 0 Å². The van der Waals surface area contributed by atoms with Crippen molar-refractivity contribution < 1.29 is 4.74 Å². The van der Waals surface area contributed by atoms with Crippen molar-refractivity contribution >= 4 is 0 Å². The highest BCUT2D eigenvalue weighted by molar-refractivity contribution is 5.03. The lowest BCUT2D eigenvalue weighted by atomic mass is 9.97. The summed E-state index contributed by atoms with van der Waals surface area (Å²) in [6.45, 7) is 6.56. The number of piperidine rings is 1. The Labute approximate surface area is 130 Å². The van der Waals surface area contributed by atoms with Gasteiger partial charge in [0.15, 0.2) is 5.82 Å². The number of rotatable bonds is 6. The Bertz CT molecular complexity index is 592. The Balaban J connectivity index is 1.62. The molecule has 2 aromatic heterocycles. The molecular weight excluding hydrogens is 280 g/mol. The van der Waals surface area contributed by atoms with Crippen LogP contribution in [0.25, 0.3) is 0 Å². The molecule has 1 aliphatic rings. The molecule has 2 aromatic rings. The van der Waals surface area contributed by atoms with E-state index < -0.39 is 0 Å². The molecule has 0 aromatic carbocycles. The van der Waals surface area contributed by atoms with Crippen LogP contribution < -0.4 is 0 Å². The van der Waals surface area contributed by atoms with Crippen LogP contribution >= 0.6 is 0 Å². The fourth-order valence-corrected chi connectivity index (χ4v) is 3.05. The third kappa shape index (κ3) is 3.53. The average Bonchev–Trinajstić information content (AvgIpc) is 3.15. The highest BCUT2D eigenvalue weighted by atomic mass is 16.5. The van der Waals surface area contributed by atoms with Gasteiger partial charge in [-0.15, -0.1) is 0 Å². The molecule has 0 aliphatic carbocycles. The Morgan fingerprint density at radius 2 is 2.36 bits per heavy atom. The summed E-state index contributed by atoms with van der Waals surface area (Å²) in [5, 5.41) is 7.28. The molecule has 7 heteroatoms. The summed E-state index contributed by atoms with van der Waals surface area (Å²) in [4.78, 5) is 11.2. The van der Waals surface area contributed by atoms with Gasteiger partial charge in [0.05, 0.1) is 18.6 Å². The molecule has 1 saturated heterocycles. The maximum absolute atomic E-state index is 5.16. The lowest BCUT2D eigenvalue weighted by Crippen LogP contribution is -2.35. The fraction of sp³-hybridized carbons (Fsp3) is 0.667. The first-order valence-electron chi connectivity index (χ1n) is 7.85. The standard InChI is InChI=1S/C15H24N6O/c1-12-17-15(19-18-12)13-4-3-5-20(9-13)10-14-8-16-11-21(14)6-7-22-2/h8,11,13H,3-7,9-10H2,1-2H3,(H,17,18,19). The van der Waals surface area contributed by atoms with E-state index in [0.717, 1.165) is 44.2 Å². The van der Waals surface area contributed by atoms with E-state index in [4.69, 9.17) is 4.74 Å². The van der Waals surface area contributed by atoms with Gasteiger partial charge in [-0.05, 0) is 26.3 Å². The fourth-order valence-electron chi connectivity index (χ4n) is 3.05. The third-order valence-electron chi connectivity index (χ3n) is 4.21. The van der Waals surface area contributed by atoms with Crippen LogP contribution in [0.1, 0.15) is 36.1 Å². The number of methoxy groups -OCH3 is 1. The van der Waals surface area contributed by atoms with E-state index in [9.17, 15) is 0 Å². The number of H-pyrrole nitrogens is 1. The predicted molar refractivity (Wildman–Crippen MR) is 82.5 cm³/mol. The van der Waals surface area contributed by atoms with E-state index in [2.05, 4.69) is 29.6 Å². The molecule has 1 fully saturated rings. The van der Waals surface area contributed by atoms with Crippen LogP contribution in [-0.4, -0.2) is 56.4 Å². The van der Waals surface area contributed by atoms with E-state index in [1.54, 1.807) is 7.11 Å². The number of likely N-dealkylation sites (tertiary alicyclic amines) is 1. The van der Waals surface area contributed by atoms with E-state index in [-0.39, 0.29) is 0 Å². The first-order valence-corrected chi connectivity index (χ1v) is 7.85. The maximum atomic E-state index is 5.16. The number of hydrogen-bond donors (Lipinski definition) is 1. The minimum Gasteiger partial charge on any atom is -0.383 e. The summed E-state index contributed by atoms with van der Waals surface area (Å²) in [6, 6.07) is 0. The second-order valence-electron chi connectivity index (χ2n) is 5.92. The monoisotopic (exact) mass is 304 g/mol. The topological polar surface area (TPSA) is 71.9 Å². The van der Waals surface area contributed by atoms with Crippen LogP contribution in [0.3, 0.4) is 0 Å². The van der Waals surface area contributed by atoms with Crippen molar-refractivity contribution in [2.24, 2.45) is 0 Å². The van der Waals surface area contributed by atoms with Crippen molar-refractivity contribution in [1.29, 1.82) is 0 Å². The number of imidazole rings is 1. The third-order valence-corrected chi connectivity index (χ3v) is 4.21. The van der Waals surface area contributed by atoms with Gasteiger partial charge in [-0.2, -0.15) is 5.10 Å². The van der Waals surface area contributed by atoms with Gasteiger partial charge in [0, 0.05) is 38.9 Å². The molecule has 0 spiro atoms. The van der Waals surface area contributed by atoms with Crippen molar-refractivity contribution in [1.82, 2.24) is 29.6 Å². The molecule has 120 valence electrons. The van der Waals surface area contributed by atoms with Crippen LogP contribution in [0, 0.1) is 6.92 Å². The quantitative estimate of drug-likeness (QED) is 0.872. The minimum absolute atomic E-state index is 0.425. The Morgan fingerprint density at radius 1 is 1.45 bits per heavy atom. The second kappa shape index (κ2) is 7.02. The van der Waals surface area contributed by atoms with Crippen LogP contribution in [0.15, 0.2) is 12.5 Å². The summed E-state index contributed by atoms with van der Waals surface area (Å²) in [6.07, 6.45) is 6.19. The number of aryl methyl sites for hydroxylation is 1. The zero-order valence-electron chi connectivity index (χ0n) is 13.3. The van der Waals surface area contributed by atoms with Crippen molar-refractivity contribution in [3.05, 3.63) is 29.9 Å². The average molecular weight is 304 g/mol. The molecule has 7 nitrogen and oxygen atoms in total. The first kappa shape index (κ1) is 15.2.